The van der Waals surface area contributed by atoms with E-state index in [2.05, 4.69) is 25.2 Å². The Labute approximate surface area is 50.4 Å². The molecule has 0 aromatic carbocycles. The molecule has 0 amide bonds. The molecule has 0 aliphatic rings. The Balaban J connectivity index is 3.45. The molecular weight excluding hydrogens is 156 g/mol. The first-order valence-corrected chi connectivity index (χ1v) is 3.18. The van der Waals surface area contributed by atoms with Gasteiger partial charge in [0.1, 0.15) is 0 Å². The van der Waals surface area contributed by atoms with Crippen LogP contribution in [0.5, 0.6) is 0 Å². The first-order valence-electron chi connectivity index (χ1n) is 2.02. The third kappa shape index (κ3) is 4.56. The molecule has 0 heterocycles. The fourth-order valence-corrected chi connectivity index (χ4v) is 0. The zero-order chi connectivity index (χ0) is 5.21. The summed E-state index contributed by atoms with van der Waals surface area (Å²) in [6, 6.07) is 0. The Morgan fingerprint density at radius 3 is 1.50 bits per heavy atom. The molecule has 0 bridgehead atoms. The quantitative estimate of drug-likeness (QED) is 0.477. The summed E-state index contributed by atoms with van der Waals surface area (Å²) in [5, 5.41) is 0. The summed E-state index contributed by atoms with van der Waals surface area (Å²) in [7, 11) is 0. The van der Waals surface area contributed by atoms with E-state index >= 15 is 0 Å². The van der Waals surface area contributed by atoms with Crippen molar-refractivity contribution in [1.82, 2.24) is 0 Å². The van der Waals surface area contributed by atoms with Gasteiger partial charge in [-0.1, -0.05) is 0 Å². The molecule has 0 aliphatic carbocycles. The Morgan fingerprint density at radius 1 is 1.33 bits per heavy atom. The minimum atomic E-state index is 0.421. The van der Waals surface area contributed by atoms with Crippen molar-refractivity contribution in [2.45, 2.75) is 20.8 Å². The standard InChI is InChI=1S/C5H10.Mo/c1-5(2,3)4;/h1H,2-4H3;. The van der Waals surface area contributed by atoms with Crippen molar-refractivity contribution in [2.24, 2.45) is 5.41 Å². The van der Waals surface area contributed by atoms with Crippen LogP contribution in [0.25, 0.3) is 0 Å². The molecule has 0 aromatic heterocycles. The number of hydrogen-bond donors (Lipinski definition) is 0. The fraction of sp³-hybridized carbons (Fsp3) is 0.800. The van der Waals surface area contributed by atoms with Gasteiger partial charge in [0, 0.05) is 0 Å². The fourth-order valence-electron chi connectivity index (χ4n) is 0. The molecule has 6 heavy (non-hydrogen) atoms. The average molecular weight is 166 g/mol. The van der Waals surface area contributed by atoms with Crippen LogP contribution >= 0.6 is 0 Å². The van der Waals surface area contributed by atoms with Crippen molar-refractivity contribution >= 4 is 4.40 Å². The van der Waals surface area contributed by atoms with Crippen LogP contribution in [0.15, 0.2) is 0 Å². The maximum absolute atomic E-state index is 2.20. The number of hydrogen-bond acceptors (Lipinski definition) is 0. The normalized spacial score (nSPS) is 11.2. The van der Waals surface area contributed by atoms with Crippen LogP contribution in [0.1, 0.15) is 20.8 Å². The zero-order valence-electron chi connectivity index (χ0n) is 4.49. The van der Waals surface area contributed by atoms with E-state index in [0.717, 1.165) is 0 Å². The van der Waals surface area contributed by atoms with E-state index in [-0.39, 0.29) is 0 Å². The van der Waals surface area contributed by atoms with Gasteiger partial charge in [-0.15, -0.1) is 0 Å². The van der Waals surface area contributed by atoms with Crippen LogP contribution in [-0.4, -0.2) is 4.40 Å². The Kier molecular flexibility index (Phi) is 2.21. The molecule has 0 spiro atoms. The second-order valence-electron chi connectivity index (χ2n) is 2.48. The molecule has 36 valence electrons. The van der Waals surface area contributed by atoms with Gasteiger partial charge in [-0.3, -0.25) is 0 Å². The van der Waals surface area contributed by atoms with Crippen molar-refractivity contribution in [3.8, 4) is 0 Å². The van der Waals surface area contributed by atoms with Crippen LogP contribution in [0.4, 0.5) is 0 Å². The van der Waals surface area contributed by atoms with E-state index in [9.17, 15) is 0 Å². The summed E-state index contributed by atoms with van der Waals surface area (Å²) < 4.78 is 2.20. The Morgan fingerprint density at radius 2 is 1.50 bits per heavy atom. The predicted octanol–water partition coefficient (Wildman–Crippen LogP) is 1.38. The van der Waals surface area contributed by atoms with E-state index in [1.165, 1.54) is 0 Å². The van der Waals surface area contributed by atoms with Gasteiger partial charge < -0.3 is 0 Å². The van der Waals surface area contributed by atoms with Gasteiger partial charge in [-0.05, 0) is 0 Å². The van der Waals surface area contributed by atoms with E-state index in [1.54, 1.807) is 0 Å². The monoisotopic (exact) mass is 168 g/mol. The first-order chi connectivity index (χ1) is 2.56. The van der Waals surface area contributed by atoms with Crippen molar-refractivity contribution in [2.75, 3.05) is 0 Å². The third-order valence-electron chi connectivity index (χ3n) is 0.354. The van der Waals surface area contributed by atoms with Crippen LogP contribution < -0.4 is 0 Å². The zero-order valence-corrected chi connectivity index (χ0v) is 6.49. The summed E-state index contributed by atoms with van der Waals surface area (Å²) in [5.41, 5.74) is 0.421. The van der Waals surface area contributed by atoms with E-state index < -0.39 is 0 Å². The summed E-state index contributed by atoms with van der Waals surface area (Å²) in [6.07, 6.45) is 0. The van der Waals surface area contributed by atoms with Gasteiger partial charge in [-0.2, -0.15) is 0 Å². The molecule has 0 saturated carbocycles. The molecule has 0 aromatic rings. The van der Waals surface area contributed by atoms with Crippen molar-refractivity contribution in [3.05, 3.63) is 0 Å². The van der Waals surface area contributed by atoms with Gasteiger partial charge in [-0.25, -0.2) is 0 Å². The van der Waals surface area contributed by atoms with E-state index in [4.69, 9.17) is 0 Å². The van der Waals surface area contributed by atoms with Gasteiger partial charge >= 0.3 is 49.9 Å². The number of rotatable bonds is 0. The molecule has 0 fully saturated rings. The molecule has 0 unspecified atom stereocenters. The molecule has 0 saturated heterocycles. The molecule has 0 rings (SSSR count). The van der Waals surface area contributed by atoms with Crippen LogP contribution in [0, 0.1) is 5.41 Å². The van der Waals surface area contributed by atoms with Gasteiger partial charge in [0.05, 0.1) is 0 Å². The molecule has 0 radical (unpaired) electrons. The summed E-state index contributed by atoms with van der Waals surface area (Å²) >= 11 is 2.02. The van der Waals surface area contributed by atoms with E-state index in [1.807, 2.05) is 19.4 Å². The van der Waals surface area contributed by atoms with Gasteiger partial charge in [0.2, 0.25) is 0 Å². The first kappa shape index (κ1) is 6.56. The second kappa shape index (κ2) is 2.02. The topological polar surface area (TPSA) is 0 Å². The molecular formula is C5H10Mo. The molecule has 0 atom stereocenters. The van der Waals surface area contributed by atoms with Crippen LogP contribution in [-0.2, 0) is 19.4 Å². The van der Waals surface area contributed by atoms with Crippen LogP contribution in [0.2, 0.25) is 0 Å². The maximum atomic E-state index is 2.20. The van der Waals surface area contributed by atoms with Crippen molar-refractivity contribution in [3.63, 3.8) is 0 Å². The molecule has 0 aliphatic heterocycles. The SMILES string of the molecule is CC(C)(C)[CH]=[Mo]. The third-order valence-corrected chi connectivity index (χ3v) is 2.09. The van der Waals surface area contributed by atoms with Gasteiger partial charge in [0.15, 0.2) is 0 Å². The predicted molar refractivity (Wildman–Crippen MR) is 25.5 cm³/mol. The van der Waals surface area contributed by atoms with Crippen molar-refractivity contribution < 1.29 is 19.4 Å². The second-order valence-corrected chi connectivity index (χ2v) is 3.06. The van der Waals surface area contributed by atoms with Crippen molar-refractivity contribution in [1.29, 1.82) is 0 Å². The van der Waals surface area contributed by atoms with Crippen LogP contribution in [0.3, 0.4) is 0 Å². The average Bonchev–Trinajstić information content (AvgIpc) is 1.35. The van der Waals surface area contributed by atoms with Gasteiger partial charge in [0.25, 0.3) is 0 Å². The summed E-state index contributed by atoms with van der Waals surface area (Å²) in [4.78, 5) is 0. The Hall–Kier alpha value is 0.558. The minimum absolute atomic E-state index is 0.421. The summed E-state index contributed by atoms with van der Waals surface area (Å²) in [6.45, 7) is 6.57. The Bertz CT molecular complexity index is 49.4. The molecule has 1 heteroatoms. The molecule has 0 N–H and O–H groups in total. The summed E-state index contributed by atoms with van der Waals surface area (Å²) in [5.74, 6) is 0. The molecule has 0 nitrogen and oxygen atoms in total. The van der Waals surface area contributed by atoms with E-state index in [0.29, 0.717) is 5.41 Å².